The van der Waals surface area contributed by atoms with E-state index >= 15 is 0 Å². The molecule has 3 aromatic rings. The van der Waals surface area contributed by atoms with E-state index in [1.54, 1.807) is 30.3 Å². The summed E-state index contributed by atoms with van der Waals surface area (Å²) in [5, 5.41) is 2.62. The minimum Gasteiger partial charge on any atom is -0.481 e. The first kappa shape index (κ1) is 21.8. The number of nitrogens with one attached hydrogen (secondary N) is 1. The first-order valence-electron chi connectivity index (χ1n) is 9.83. The molecule has 3 aromatic carbocycles. The van der Waals surface area contributed by atoms with E-state index in [2.05, 4.69) is 5.32 Å². The van der Waals surface area contributed by atoms with Gasteiger partial charge in [-0.05, 0) is 37.6 Å². The Kier molecular flexibility index (Phi) is 7.17. The van der Waals surface area contributed by atoms with E-state index in [1.165, 1.54) is 13.8 Å². The lowest BCUT2D eigenvalue weighted by Crippen LogP contribution is -2.32. The predicted molar refractivity (Wildman–Crippen MR) is 118 cm³/mol. The molecule has 3 rings (SSSR count). The topological polar surface area (TPSA) is 81.7 Å². The van der Waals surface area contributed by atoms with Gasteiger partial charge in [0.05, 0.1) is 5.69 Å². The zero-order valence-electron chi connectivity index (χ0n) is 17.3. The van der Waals surface area contributed by atoms with E-state index in [1.807, 2.05) is 48.5 Å². The van der Waals surface area contributed by atoms with Crippen LogP contribution in [0, 0.1) is 0 Å². The highest BCUT2D eigenvalue weighted by Crippen LogP contribution is 2.29. The number of carbonyl (C=O) groups excluding carboxylic acids is 3. The third kappa shape index (κ3) is 5.79. The Morgan fingerprint density at radius 2 is 1.52 bits per heavy atom. The van der Waals surface area contributed by atoms with Crippen LogP contribution < -0.4 is 10.1 Å². The number of para-hydroxylation sites is 2. The normalized spacial score (nSPS) is 11.3. The summed E-state index contributed by atoms with van der Waals surface area (Å²) in [5.41, 5.74) is 2.57. The number of ether oxygens (including phenoxy) is 2. The van der Waals surface area contributed by atoms with Crippen LogP contribution >= 0.6 is 0 Å². The molecule has 6 nitrogen and oxygen atoms in total. The van der Waals surface area contributed by atoms with Crippen molar-refractivity contribution in [1.29, 1.82) is 0 Å². The van der Waals surface area contributed by atoms with Gasteiger partial charge >= 0.3 is 5.97 Å². The quantitative estimate of drug-likeness (QED) is 0.431. The van der Waals surface area contributed by atoms with Gasteiger partial charge in [-0.15, -0.1) is 0 Å². The summed E-state index contributed by atoms with van der Waals surface area (Å²) < 4.78 is 10.8. The number of anilines is 1. The van der Waals surface area contributed by atoms with Crippen molar-refractivity contribution in [2.75, 3.05) is 11.9 Å². The number of carbonyl (C=O) groups is 3. The maximum atomic E-state index is 12.4. The molecule has 6 heteroatoms. The highest BCUT2D eigenvalue weighted by molar-refractivity contribution is 6.04. The summed E-state index contributed by atoms with van der Waals surface area (Å²) in [6, 6.07) is 23.7. The summed E-state index contributed by atoms with van der Waals surface area (Å²) in [4.78, 5) is 36.3. The average Bonchev–Trinajstić information content (AvgIpc) is 2.78. The number of amides is 1. The number of esters is 1. The molecule has 31 heavy (non-hydrogen) atoms. The maximum Gasteiger partial charge on any atom is 0.344 e. The van der Waals surface area contributed by atoms with Gasteiger partial charge in [-0.25, -0.2) is 4.79 Å². The van der Waals surface area contributed by atoms with Gasteiger partial charge < -0.3 is 14.8 Å². The molecule has 0 fully saturated rings. The fraction of sp³-hybridized carbons (Fsp3) is 0.160. The lowest BCUT2D eigenvalue weighted by atomic mass is 10.1. The largest absolute Gasteiger partial charge is 0.481 e. The Labute approximate surface area is 180 Å². The smallest absolute Gasteiger partial charge is 0.344 e. The van der Waals surface area contributed by atoms with E-state index in [0.29, 0.717) is 17.0 Å². The monoisotopic (exact) mass is 417 g/mol. The molecular formula is C25H23NO5. The van der Waals surface area contributed by atoms with Crippen LogP contribution in [0.1, 0.15) is 24.2 Å². The Morgan fingerprint density at radius 1 is 0.871 bits per heavy atom. The van der Waals surface area contributed by atoms with Crippen LogP contribution in [-0.4, -0.2) is 30.4 Å². The van der Waals surface area contributed by atoms with Crippen molar-refractivity contribution in [1.82, 2.24) is 0 Å². The van der Waals surface area contributed by atoms with Crippen molar-refractivity contribution in [2.45, 2.75) is 20.0 Å². The number of rotatable bonds is 8. The van der Waals surface area contributed by atoms with E-state index in [-0.39, 0.29) is 12.4 Å². The second kappa shape index (κ2) is 10.2. The van der Waals surface area contributed by atoms with Crippen molar-refractivity contribution in [2.24, 2.45) is 0 Å². The summed E-state index contributed by atoms with van der Waals surface area (Å²) in [6.45, 7) is 2.53. The predicted octanol–water partition coefficient (Wildman–Crippen LogP) is 4.51. The van der Waals surface area contributed by atoms with Gasteiger partial charge in [-0.1, -0.05) is 60.7 Å². The Morgan fingerprint density at radius 3 is 2.26 bits per heavy atom. The fourth-order valence-corrected chi connectivity index (χ4v) is 3.00. The Balaban J connectivity index is 1.58. The summed E-state index contributed by atoms with van der Waals surface area (Å²) in [5.74, 6) is -0.846. The van der Waals surface area contributed by atoms with Gasteiger partial charge in [-0.3, -0.25) is 9.59 Å². The molecule has 0 aliphatic heterocycles. The molecule has 0 radical (unpaired) electrons. The molecule has 0 saturated carbocycles. The van der Waals surface area contributed by atoms with Gasteiger partial charge in [0.1, 0.15) is 5.75 Å². The molecule has 1 N–H and O–H groups in total. The van der Waals surface area contributed by atoms with Gasteiger partial charge in [-0.2, -0.15) is 0 Å². The van der Waals surface area contributed by atoms with Crippen molar-refractivity contribution in [3.8, 4) is 16.9 Å². The summed E-state index contributed by atoms with van der Waals surface area (Å²) >= 11 is 0. The molecule has 0 aliphatic carbocycles. The second-order valence-corrected chi connectivity index (χ2v) is 6.87. The van der Waals surface area contributed by atoms with Gasteiger partial charge in [0, 0.05) is 11.1 Å². The first-order chi connectivity index (χ1) is 15.0. The Bertz CT molecular complexity index is 1080. The average molecular weight is 417 g/mol. The van der Waals surface area contributed by atoms with Crippen LogP contribution in [-0.2, 0) is 14.3 Å². The molecular weight excluding hydrogens is 394 g/mol. The number of hydrogen-bond donors (Lipinski definition) is 1. The molecule has 1 amide bonds. The maximum absolute atomic E-state index is 12.4. The molecule has 0 heterocycles. The number of benzene rings is 3. The number of Topliss-reactive ketones (excluding diaryl/α,β-unsaturated/α-hetero) is 1. The molecule has 1 atom stereocenters. The highest BCUT2D eigenvalue weighted by atomic mass is 16.6. The van der Waals surface area contributed by atoms with E-state index in [4.69, 9.17) is 9.47 Å². The third-order valence-electron chi connectivity index (χ3n) is 4.56. The Hall–Kier alpha value is -3.93. The molecule has 158 valence electrons. The molecule has 0 spiro atoms. The first-order valence-corrected chi connectivity index (χ1v) is 9.83. The fourth-order valence-electron chi connectivity index (χ4n) is 3.00. The molecule has 0 bridgehead atoms. The van der Waals surface area contributed by atoms with Gasteiger partial charge in [0.25, 0.3) is 5.91 Å². The summed E-state index contributed by atoms with van der Waals surface area (Å²) in [7, 11) is 0. The van der Waals surface area contributed by atoms with Gasteiger partial charge in [0.2, 0.25) is 0 Å². The van der Waals surface area contributed by atoms with Crippen molar-refractivity contribution < 1.29 is 23.9 Å². The van der Waals surface area contributed by atoms with Crippen LogP contribution in [0.25, 0.3) is 11.1 Å². The SMILES string of the molecule is CC(=O)c1ccccc1NC(=O)C(C)OC(=O)COc1ccccc1-c1ccccc1. The van der Waals surface area contributed by atoms with Crippen molar-refractivity contribution in [3.05, 3.63) is 84.4 Å². The number of ketones is 1. The van der Waals surface area contributed by atoms with Crippen LogP contribution in [0.3, 0.4) is 0 Å². The third-order valence-corrected chi connectivity index (χ3v) is 4.56. The van der Waals surface area contributed by atoms with E-state index in [9.17, 15) is 14.4 Å². The highest BCUT2D eigenvalue weighted by Gasteiger charge is 2.20. The lowest BCUT2D eigenvalue weighted by molar-refractivity contribution is -0.155. The molecule has 0 saturated heterocycles. The van der Waals surface area contributed by atoms with Crippen LogP contribution in [0.5, 0.6) is 5.75 Å². The minimum atomic E-state index is -1.06. The molecule has 0 aromatic heterocycles. The minimum absolute atomic E-state index is 0.175. The van der Waals surface area contributed by atoms with Crippen LogP contribution in [0.15, 0.2) is 78.9 Å². The van der Waals surface area contributed by atoms with Crippen LogP contribution in [0.4, 0.5) is 5.69 Å². The zero-order chi connectivity index (χ0) is 22.2. The van der Waals surface area contributed by atoms with Crippen molar-refractivity contribution >= 4 is 23.3 Å². The second-order valence-electron chi connectivity index (χ2n) is 6.87. The van der Waals surface area contributed by atoms with Gasteiger partial charge in [0.15, 0.2) is 18.5 Å². The molecule has 0 aliphatic rings. The van der Waals surface area contributed by atoms with Crippen LogP contribution in [0.2, 0.25) is 0 Å². The van der Waals surface area contributed by atoms with Crippen molar-refractivity contribution in [3.63, 3.8) is 0 Å². The lowest BCUT2D eigenvalue weighted by Gasteiger charge is -2.16. The van der Waals surface area contributed by atoms with E-state index in [0.717, 1.165) is 11.1 Å². The summed E-state index contributed by atoms with van der Waals surface area (Å²) in [6.07, 6.45) is -1.06. The van der Waals surface area contributed by atoms with E-state index < -0.39 is 18.0 Å². The standard InChI is InChI=1S/C25H23NO5/c1-17(27)20-12-6-8-14-22(20)26-25(29)18(2)31-24(28)16-30-23-15-9-7-13-21(23)19-10-4-3-5-11-19/h3-15,18H,16H2,1-2H3,(H,26,29). The number of hydrogen-bond acceptors (Lipinski definition) is 5. The molecule has 1 unspecified atom stereocenters. The zero-order valence-corrected chi connectivity index (χ0v) is 17.3.